The third-order valence-corrected chi connectivity index (χ3v) is 4.40. The van der Waals surface area contributed by atoms with Crippen molar-refractivity contribution in [3.05, 3.63) is 0 Å². The van der Waals surface area contributed by atoms with Gasteiger partial charge in [0, 0.05) is 25.0 Å². The predicted octanol–water partition coefficient (Wildman–Crippen LogP) is 3.16. The second-order valence-electron chi connectivity index (χ2n) is 4.28. The lowest BCUT2D eigenvalue weighted by Gasteiger charge is -2.34. The standard InChI is InChI=1S/C12H26BrNO/c1-5-12(6-2,10-13)11-14(4)8-9-15-7-3/h5-11H2,1-4H3. The molecule has 2 nitrogen and oxygen atoms in total. The van der Waals surface area contributed by atoms with Crippen LogP contribution in [0.3, 0.4) is 0 Å². The van der Waals surface area contributed by atoms with Crippen molar-refractivity contribution in [1.29, 1.82) is 0 Å². The number of rotatable bonds is 9. The van der Waals surface area contributed by atoms with Gasteiger partial charge in [-0.3, -0.25) is 0 Å². The summed E-state index contributed by atoms with van der Waals surface area (Å²) in [4.78, 5) is 2.38. The minimum atomic E-state index is 0.432. The van der Waals surface area contributed by atoms with Crippen molar-refractivity contribution in [3.8, 4) is 0 Å². The fourth-order valence-corrected chi connectivity index (χ4v) is 2.69. The molecule has 92 valence electrons. The molecule has 0 aliphatic carbocycles. The molecular formula is C12H26BrNO. The van der Waals surface area contributed by atoms with Crippen molar-refractivity contribution in [2.24, 2.45) is 5.41 Å². The van der Waals surface area contributed by atoms with Crippen molar-refractivity contribution >= 4 is 15.9 Å². The minimum Gasteiger partial charge on any atom is -0.380 e. The highest BCUT2D eigenvalue weighted by molar-refractivity contribution is 9.09. The highest BCUT2D eigenvalue weighted by Crippen LogP contribution is 2.29. The van der Waals surface area contributed by atoms with Crippen LogP contribution in [0, 0.1) is 5.41 Å². The molecule has 0 radical (unpaired) electrons. The molecule has 0 aliphatic rings. The van der Waals surface area contributed by atoms with Crippen LogP contribution < -0.4 is 0 Å². The van der Waals surface area contributed by atoms with Crippen molar-refractivity contribution in [1.82, 2.24) is 4.90 Å². The first-order chi connectivity index (χ1) is 7.14. The molecule has 3 heteroatoms. The second-order valence-corrected chi connectivity index (χ2v) is 4.84. The smallest absolute Gasteiger partial charge is 0.0593 e. The van der Waals surface area contributed by atoms with E-state index < -0.39 is 0 Å². The fraction of sp³-hybridized carbons (Fsp3) is 1.00. The highest BCUT2D eigenvalue weighted by atomic mass is 79.9. The zero-order valence-electron chi connectivity index (χ0n) is 10.7. The number of nitrogens with zero attached hydrogens (tertiary/aromatic N) is 1. The Hall–Kier alpha value is 0.400. The predicted molar refractivity (Wildman–Crippen MR) is 70.8 cm³/mol. The number of ether oxygens (including phenoxy) is 1. The molecule has 0 atom stereocenters. The third-order valence-electron chi connectivity index (χ3n) is 3.21. The first-order valence-electron chi connectivity index (χ1n) is 5.96. The Balaban J connectivity index is 3.94. The summed E-state index contributed by atoms with van der Waals surface area (Å²) in [7, 11) is 2.18. The van der Waals surface area contributed by atoms with E-state index >= 15 is 0 Å². The van der Waals surface area contributed by atoms with Gasteiger partial charge < -0.3 is 9.64 Å². The van der Waals surface area contributed by atoms with Crippen LogP contribution >= 0.6 is 15.9 Å². The second kappa shape index (κ2) is 8.54. The lowest BCUT2D eigenvalue weighted by atomic mass is 9.84. The zero-order valence-corrected chi connectivity index (χ0v) is 12.3. The maximum absolute atomic E-state index is 5.37. The monoisotopic (exact) mass is 279 g/mol. The van der Waals surface area contributed by atoms with Crippen LogP contribution in [-0.4, -0.2) is 43.6 Å². The number of halogens is 1. The van der Waals surface area contributed by atoms with Crippen molar-refractivity contribution in [3.63, 3.8) is 0 Å². The van der Waals surface area contributed by atoms with Gasteiger partial charge in [-0.15, -0.1) is 0 Å². The molecule has 0 heterocycles. The van der Waals surface area contributed by atoms with Gasteiger partial charge in [0.05, 0.1) is 6.61 Å². The summed E-state index contributed by atoms with van der Waals surface area (Å²) in [5, 5.41) is 1.09. The quantitative estimate of drug-likeness (QED) is 0.475. The minimum absolute atomic E-state index is 0.432. The summed E-state index contributed by atoms with van der Waals surface area (Å²) in [5.74, 6) is 0. The van der Waals surface area contributed by atoms with Gasteiger partial charge in [0.2, 0.25) is 0 Å². The summed E-state index contributed by atoms with van der Waals surface area (Å²) >= 11 is 3.65. The molecule has 0 aromatic heterocycles. The van der Waals surface area contributed by atoms with E-state index in [1.165, 1.54) is 12.8 Å². The summed E-state index contributed by atoms with van der Waals surface area (Å²) in [5.41, 5.74) is 0.432. The molecular weight excluding hydrogens is 254 g/mol. The van der Waals surface area contributed by atoms with Crippen LogP contribution in [0.5, 0.6) is 0 Å². The van der Waals surface area contributed by atoms with E-state index in [-0.39, 0.29) is 0 Å². The van der Waals surface area contributed by atoms with Crippen molar-refractivity contribution < 1.29 is 4.74 Å². The first-order valence-corrected chi connectivity index (χ1v) is 7.08. The maximum Gasteiger partial charge on any atom is 0.0593 e. The van der Waals surface area contributed by atoms with Crippen LogP contribution in [0.4, 0.5) is 0 Å². The molecule has 0 spiro atoms. The van der Waals surface area contributed by atoms with Crippen molar-refractivity contribution in [2.75, 3.05) is 38.7 Å². The first kappa shape index (κ1) is 15.4. The topological polar surface area (TPSA) is 12.5 Å². The van der Waals surface area contributed by atoms with E-state index in [4.69, 9.17) is 4.74 Å². The van der Waals surface area contributed by atoms with Gasteiger partial charge in [0.25, 0.3) is 0 Å². The van der Waals surface area contributed by atoms with E-state index in [9.17, 15) is 0 Å². The largest absolute Gasteiger partial charge is 0.380 e. The fourth-order valence-electron chi connectivity index (χ4n) is 1.72. The Kier molecular flexibility index (Phi) is 8.77. The van der Waals surface area contributed by atoms with Gasteiger partial charge >= 0.3 is 0 Å². The number of hydrogen-bond acceptors (Lipinski definition) is 2. The SMILES string of the molecule is CCOCCN(C)CC(CC)(CC)CBr. The van der Waals surface area contributed by atoms with E-state index in [1.54, 1.807) is 0 Å². The Labute approximate surface area is 103 Å². The molecule has 0 aliphatic heterocycles. The van der Waals surface area contributed by atoms with E-state index in [1.807, 2.05) is 6.92 Å². The maximum atomic E-state index is 5.37. The Morgan fingerprint density at radius 1 is 1.20 bits per heavy atom. The average molecular weight is 280 g/mol. The molecule has 0 saturated carbocycles. The summed E-state index contributed by atoms with van der Waals surface area (Å²) < 4.78 is 5.37. The molecule has 0 fully saturated rings. The van der Waals surface area contributed by atoms with Crippen LogP contribution in [0.2, 0.25) is 0 Å². The van der Waals surface area contributed by atoms with Crippen LogP contribution in [0.15, 0.2) is 0 Å². The molecule has 0 saturated heterocycles. The van der Waals surface area contributed by atoms with Crippen LogP contribution in [-0.2, 0) is 4.74 Å². The Morgan fingerprint density at radius 2 is 1.80 bits per heavy atom. The van der Waals surface area contributed by atoms with Crippen LogP contribution in [0.25, 0.3) is 0 Å². The van der Waals surface area contributed by atoms with Crippen molar-refractivity contribution in [2.45, 2.75) is 33.6 Å². The summed E-state index contributed by atoms with van der Waals surface area (Å²) in [6, 6.07) is 0. The zero-order chi connectivity index (χ0) is 11.7. The molecule has 0 aromatic rings. The number of hydrogen-bond donors (Lipinski definition) is 0. The molecule has 0 bridgehead atoms. The van der Waals surface area contributed by atoms with Gasteiger partial charge in [-0.2, -0.15) is 0 Å². The van der Waals surface area contributed by atoms with Gasteiger partial charge in [-0.25, -0.2) is 0 Å². The normalized spacial score (nSPS) is 12.4. The van der Waals surface area contributed by atoms with Gasteiger partial charge in [0.15, 0.2) is 0 Å². The van der Waals surface area contributed by atoms with Gasteiger partial charge in [-0.1, -0.05) is 29.8 Å². The lowest BCUT2D eigenvalue weighted by Crippen LogP contribution is -2.37. The molecule has 0 unspecified atom stereocenters. The summed E-state index contributed by atoms with van der Waals surface area (Å²) in [6.07, 6.45) is 2.46. The van der Waals surface area contributed by atoms with Crippen LogP contribution in [0.1, 0.15) is 33.6 Å². The summed E-state index contributed by atoms with van der Waals surface area (Å²) in [6.45, 7) is 10.4. The molecule has 0 N–H and O–H groups in total. The number of likely N-dealkylation sites (N-methyl/N-ethyl adjacent to an activating group) is 1. The lowest BCUT2D eigenvalue weighted by molar-refractivity contribution is 0.103. The van der Waals surface area contributed by atoms with Gasteiger partial charge in [0.1, 0.15) is 0 Å². The highest BCUT2D eigenvalue weighted by Gasteiger charge is 2.26. The molecule has 0 rings (SSSR count). The Bertz CT molecular complexity index is 140. The Morgan fingerprint density at radius 3 is 2.20 bits per heavy atom. The molecule has 0 aromatic carbocycles. The molecule has 15 heavy (non-hydrogen) atoms. The van der Waals surface area contributed by atoms with E-state index in [0.717, 1.165) is 31.6 Å². The van der Waals surface area contributed by atoms with E-state index in [0.29, 0.717) is 5.41 Å². The molecule has 0 amide bonds. The van der Waals surface area contributed by atoms with Gasteiger partial charge in [-0.05, 0) is 32.2 Å². The third kappa shape index (κ3) is 5.88. The number of alkyl halides is 1. The van der Waals surface area contributed by atoms with E-state index in [2.05, 4.69) is 41.7 Å². The average Bonchev–Trinajstić information content (AvgIpc) is 2.26.